The molecule has 1 N–H and O–H groups in total. The molecule has 3 saturated carbocycles. The van der Waals surface area contributed by atoms with Crippen molar-refractivity contribution in [2.45, 2.75) is 71.3 Å². The van der Waals surface area contributed by atoms with Gasteiger partial charge in [-0.15, -0.1) is 0 Å². The lowest BCUT2D eigenvalue weighted by molar-refractivity contribution is -0.173. The molecule has 0 heterocycles. The number of ketones is 3. The lowest BCUT2D eigenvalue weighted by Crippen LogP contribution is -2.61. The maximum atomic E-state index is 13.5. The third-order valence-corrected chi connectivity index (χ3v) is 8.67. The largest absolute Gasteiger partial charge is 0.458 e. The second-order valence-electron chi connectivity index (χ2n) is 10.0. The van der Waals surface area contributed by atoms with Crippen LogP contribution in [0.25, 0.3) is 0 Å². The summed E-state index contributed by atoms with van der Waals surface area (Å²) in [6.45, 7) is 4.76. The number of ether oxygens (including phenoxy) is 1. The maximum absolute atomic E-state index is 13.5. The Hall–Kier alpha value is -1.82. The van der Waals surface area contributed by atoms with Gasteiger partial charge in [-0.05, 0) is 55.4 Å². The highest BCUT2D eigenvalue weighted by atomic mass is 16.5. The first-order valence-corrected chi connectivity index (χ1v) is 10.7. The fourth-order valence-electron chi connectivity index (χ4n) is 7.13. The molecular weight excluding hydrogens is 372 g/mol. The van der Waals surface area contributed by atoms with Gasteiger partial charge in [0.05, 0.1) is 0 Å². The molecule has 0 aromatic carbocycles. The highest BCUT2D eigenvalue weighted by molar-refractivity contribution is 5.95. The Labute approximate surface area is 171 Å². The van der Waals surface area contributed by atoms with Crippen molar-refractivity contribution in [1.82, 2.24) is 0 Å². The van der Waals surface area contributed by atoms with E-state index in [1.807, 2.05) is 6.92 Å². The minimum absolute atomic E-state index is 0.0625. The van der Waals surface area contributed by atoms with Crippen LogP contribution in [0.15, 0.2) is 11.6 Å². The van der Waals surface area contributed by atoms with Crippen molar-refractivity contribution in [2.75, 3.05) is 6.61 Å². The normalized spacial score (nSPS) is 43.7. The highest BCUT2D eigenvalue weighted by Gasteiger charge is 2.68. The van der Waals surface area contributed by atoms with E-state index in [2.05, 4.69) is 6.92 Å². The predicted molar refractivity (Wildman–Crippen MR) is 104 cm³/mol. The average Bonchev–Trinajstić information content (AvgIpc) is 2.91. The first-order chi connectivity index (χ1) is 13.5. The van der Waals surface area contributed by atoms with Crippen LogP contribution in [0.3, 0.4) is 0 Å². The van der Waals surface area contributed by atoms with Crippen LogP contribution < -0.4 is 0 Å². The Kier molecular flexibility index (Phi) is 4.65. The highest BCUT2D eigenvalue weighted by Crippen LogP contribution is 2.66. The topological polar surface area (TPSA) is 97.7 Å². The van der Waals surface area contributed by atoms with Gasteiger partial charge in [-0.1, -0.05) is 19.4 Å². The zero-order valence-corrected chi connectivity index (χ0v) is 17.5. The summed E-state index contributed by atoms with van der Waals surface area (Å²) in [6.07, 6.45) is 5.66. The van der Waals surface area contributed by atoms with Crippen LogP contribution in [0.2, 0.25) is 0 Å². The molecule has 0 bridgehead atoms. The van der Waals surface area contributed by atoms with Gasteiger partial charge in [0.2, 0.25) is 5.78 Å². The van der Waals surface area contributed by atoms with Crippen LogP contribution in [0.1, 0.15) is 65.7 Å². The number of hydrogen-bond donors (Lipinski definition) is 1. The van der Waals surface area contributed by atoms with E-state index in [0.717, 1.165) is 18.4 Å². The number of esters is 1. The SMILES string of the molecule is CC(=O)OCC(=O)[C@@]1(O)CCC2[C@@H]3CCC4=CC(=O)CC[C@]4(C)C3C(=O)C[C@@]21C. The zero-order valence-electron chi connectivity index (χ0n) is 17.5. The Bertz CT molecular complexity index is 827. The molecule has 4 aliphatic rings. The summed E-state index contributed by atoms with van der Waals surface area (Å²) in [6, 6.07) is 0. The third-order valence-electron chi connectivity index (χ3n) is 8.67. The van der Waals surface area contributed by atoms with E-state index in [9.17, 15) is 24.3 Å². The number of Topliss-reactive ketones (excluding diaryl/α,β-unsaturated/α-hetero) is 2. The molecule has 0 spiro atoms. The van der Waals surface area contributed by atoms with E-state index < -0.39 is 29.4 Å². The number of aliphatic hydroxyl groups is 1. The van der Waals surface area contributed by atoms with Gasteiger partial charge in [0, 0.05) is 31.1 Å². The Morgan fingerprint density at radius 3 is 2.59 bits per heavy atom. The number of carbonyl (C=O) groups excluding carboxylic acids is 4. The van der Waals surface area contributed by atoms with Gasteiger partial charge in [-0.3, -0.25) is 19.2 Å². The van der Waals surface area contributed by atoms with Crippen LogP contribution in [0.5, 0.6) is 0 Å². The van der Waals surface area contributed by atoms with E-state index in [-0.39, 0.29) is 41.2 Å². The summed E-state index contributed by atoms with van der Waals surface area (Å²) in [5.74, 6) is -0.811. The van der Waals surface area contributed by atoms with Crippen molar-refractivity contribution < 1.29 is 29.0 Å². The van der Waals surface area contributed by atoms with Crippen LogP contribution in [-0.4, -0.2) is 40.6 Å². The Morgan fingerprint density at radius 2 is 1.90 bits per heavy atom. The Morgan fingerprint density at radius 1 is 1.17 bits per heavy atom. The summed E-state index contributed by atoms with van der Waals surface area (Å²) in [5.41, 5.74) is -1.68. The zero-order chi connectivity index (χ0) is 21.2. The predicted octanol–water partition coefficient (Wildman–Crippen LogP) is 2.56. The van der Waals surface area contributed by atoms with E-state index in [1.54, 1.807) is 6.08 Å². The number of hydrogen-bond acceptors (Lipinski definition) is 6. The summed E-state index contributed by atoms with van der Waals surface area (Å²) >= 11 is 0. The van der Waals surface area contributed by atoms with E-state index in [1.165, 1.54) is 6.92 Å². The first kappa shape index (κ1) is 20.5. The van der Waals surface area contributed by atoms with Gasteiger partial charge in [-0.2, -0.15) is 0 Å². The second-order valence-corrected chi connectivity index (χ2v) is 10.0. The smallest absolute Gasteiger partial charge is 0.303 e. The molecule has 4 aliphatic carbocycles. The minimum Gasteiger partial charge on any atom is -0.458 e. The van der Waals surface area contributed by atoms with Crippen molar-refractivity contribution in [3.8, 4) is 0 Å². The van der Waals surface area contributed by atoms with Crippen molar-refractivity contribution in [3.05, 3.63) is 11.6 Å². The lowest BCUT2D eigenvalue weighted by Gasteiger charge is -2.57. The molecule has 6 nitrogen and oxygen atoms in total. The van der Waals surface area contributed by atoms with Gasteiger partial charge < -0.3 is 9.84 Å². The third kappa shape index (κ3) is 2.78. The Balaban J connectivity index is 1.66. The average molecular weight is 402 g/mol. The van der Waals surface area contributed by atoms with Crippen LogP contribution >= 0.6 is 0 Å². The van der Waals surface area contributed by atoms with Crippen molar-refractivity contribution >= 4 is 23.3 Å². The molecular formula is C23H30O6. The lowest BCUT2D eigenvalue weighted by atomic mass is 9.46. The van der Waals surface area contributed by atoms with Gasteiger partial charge in [0.25, 0.3) is 0 Å². The molecule has 0 aromatic rings. The molecule has 0 radical (unpaired) electrons. The van der Waals surface area contributed by atoms with Crippen LogP contribution in [-0.2, 0) is 23.9 Å². The summed E-state index contributed by atoms with van der Waals surface area (Å²) in [5, 5.41) is 11.4. The van der Waals surface area contributed by atoms with Crippen LogP contribution in [0, 0.1) is 28.6 Å². The first-order valence-electron chi connectivity index (χ1n) is 10.7. The van der Waals surface area contributed by atoms with Gasteiger partial charge >= 0.3 is 5.97 Å². The molecule has 0 aliphatic heterocycles. The molecule has 158 valence electrons. The second kappa shape index (κ2) is 6.59. The molecule has 6 atom stereocenters. The van der Waals surface area contributed by atoms with Crippen LogP contribution in [0.4, 0.5) is 0 Å². The quantitative estimate of drug-likeness (QED) is 0.729. The van der Waals surface area contributed by atoms with E-state index >= 15 is 0 Å². The fraction of sp³-hybridized carbons (Fsp3) is 0.739. The maximum Gasteiger partial charge on any atom is 0.303 e. The molecule has 0 amide bonds. The van der Waals surface area contributed by atoms with E-state index in [4.69, 9.17) is 4.74 Å². The van der Waals surface area contributed by atoms with Gasteiger partial charge in [0.15, 0.2) is 12.4 Å². The fourth-order valence-corrected chi connectivity index (χ4v) is 7.13. The number of carbonyl (C=O) groups is 4. The standard InChI is InChI=1S/C23H30O6/c1-13(24)29-12-19(27)23(28)9-7-17-16-5-4-14-10-15(25)6-8-21(14,2)20(16)18(26)11-22(17,23)3/h10,16-17,20,28H,4-9,11-12H2,1-3H3/t16-,17?,20?,21-,22-,23-/m0/s1. The summed E-state index contributed by atoms with van der Waals surface area (Å²) < 4.78 is 4.86. The molecule has 6 heteroatoms. The molecule has 0 aromatic heterocycles. The summed E-state index contributed by atoms with van der Waals surface area (Å²) in [7, 11) is 0. The van der Waals surface area contributed by atoms with Crippen molar-refractivity contribution in [1.29, 1.82) is 0 Å². The number of rotatable bonds is 3. The number of allylic oxidation sites excluding steroid dienone is 1. The summed E-state index contributed by atoms with van der Waals surface area (Å²) in [4.78, 5) is 49.4. The molecule has 2 unspecified atom stereocenters. The van der Waals surface area contributed by atoms with Gasteiger partial charge in [0.1, 0.15) is 11.4 Å². The van der Waals surface area contributed by atoms with Gasteiger partial charge in [-0.25, -0.2) is 0 Å². The van der Waals surface area contributed by atoms with Crippen molar-refractivity contribution in [2.24, 2.45) is 28.6 Å². The molecule has 3 fully saturated rings. The van der Waals surface area contributed by atoms with E-state index in [0.29, 0.717) is 25.7 Å². The van der Waals surface area contributed by atoms with Crippen molar-refractivity contribution in [3.63, 3.8) is 0 Å². The molecule has 0 saturated heterocycles. The minimum atomic E-state index is -1.65. The molecule has 4 rings (SSSR count). The monoisotopic (exact) mass is 402 g/mol. The molecule has 29 heavy (non-hydrogen) atoms. The number of fused-ring (bicyclic) bond motifs is 5.